The minimum absolute atomic E-state index is 0.153. The molecule has 10 nitrogen and oxygen atoms in total. The topological polar surface area (TPSA) is 129 Å². The van der Waals surface area contributed by atoms with Crippen LogP contribution in [0.3, 0.4) is 0 Å². The molecule has 0 amide bonds. The molecule has 210 valence electrons. The van der Waals surface area contributed by atoms with Crippen LogP contribution in [0.25, 0.3) is 0 Å². The molecule has 2 saturated heterocycles. The minimum atomic E-state index is -5.08. The summed E-state index contributed by atoms with van der Waals surface area (Å²) >= 11 is 0. The van der Waals surface area contributed by atoms with Gasteiger partial charge >= 0.3 is 24.3 Å². The number of ether oxygens (including phenoxy) is 1. The molecule has 17 heteroatoms. The Balaban J connectivity index is 0.000000301. The molecule has 4 rings (SSSR count). The summed E-state index contributed by atoms with van der Waals surface area (Å²) in [6.07, 6.45) is -3.16. The summed E-state index contributed by atoms with van der Waals surface area (Å²) in [6, 6.07) is 3.81. The van der Waals surface area contributed by atoms with Crippen molar-refractivity contribution in [3.8, 4) is 5.75 Å². The summed E-state index contributed by atoms with van der Waals surface area (Å²) in [6.45, 7) is 3.46. The molecule has 2 aliphatic rings. The Morgan fingerprint density at radius 1 is 1.05 bits per heavy atom. The lowest BCUT2D eigenvalue weighted by atomic mass is 9.85. The van der Waals surface area contributed by atoms with Crippen LogP contribution in [0.4, 0.5) is 36.7 Å². The second-order valence-corrected chi connectivity index (χ2v) is 8.34. The van der Waals surface area contributed by atoms with Gasteiger partial charge in [0, 0.05) is 31.7 Å². The van der Waals surface area contributed by atoms with Gasteiger partial charge in [-0.1, -0.05) is 0 Å². The third kappa shape index (κ3) is 8.67. The highest BCUT2D eigenvalue weighted by atomic mass is 19.4. The van der Waals surface area contributed by atoms with Gasteiger partial charge < -0.3 is 19.8 Å². The zero-order valence-electron chi connectivity index (χ0n) is 19.6. The van der Waals surface area contributed by atoms with Crippen LogP contribution in [-0.4, -0.2) is 93.2 Å². The van der Waals surface area contributed by atoms with Gasteiger partial charge in [-0.2, -0.15) is 26.3 Å². The summed E-state index contributed by atoms with van der Waals surface area (Å²) < 4.78 is 82.3. The molecule has 0 aromatic carbocycles. The van der Waals surface area contributed by atoms with E-state index in [1.165, 1.54) is 12.4 Å². The Labute approximate surface area is 210 Å². The molecule has 0 radical (unpaired) electrons. The number of carboxylic acid groups (broad SMARTS) is 2. The molecule has 1 unspecified atom stereocenters. The first-order valence-corrected chi connectivity index (χ1v) is 10.6. The van der Waals surface area contributed by atoms with Gasteiger partial charge in [0.25, 0.3) is 0 Å². The Hall–Kier alpha value is -3.76. The van der Waals surface area contributed by atoms with Gasteiger partial charge in [0.2, 0.25) is 5.95 Å². The van der Waals surface area contributed by atoms with Crippen molar-refractivity contribution in [1.29, 1.82) is 0 Å². The zero-order chi connectivity index (χ0) is 28.7. The summed E-state index contributed by atoms with van der Waals surface area (Å²) in [5.41, 5.74) is 0.153. The van der Waals surface area contributed by atoms with Gasteiger partial charge in [-0.25, -0.2) is 23.9 Å². The van der Waals surface area contributed by atoms with E-state index in [9.17, 15) is 30.7 Å². The SMILES string of the molecule is CN1CC(COc2cccnc2)CC12CN(c1ncc(F)cn1)C2.O=C(O)C(F)(F)F.O=C(O)C(F)(F)F. The number of likely N-dealkylation sites (N-methyl/N-ethyl adjacent to an activating group) is 1. The Morgan fingerprint density at radius 2 is 1.58 bits per heavy atom. The molecule has 0 aliphatic carbocycles. The first-order valence-electron chi connectivity index (χ1n) is 10.6. The molecule has 1 atom stereocenters. The van der Waals surface area contributed by atoms with E-state index in [1.807, 2.05) is 12.1 Å². The highest BCUT2D eigenvalue weighted by Crippen LogP contribution is 2.40. The second-order valence-electron chi connectivity index (χ2n) is 8.34. The molecular formula is C21H22F7N5O5. The number of hydrogen-bond acceptors (Lipinski definition) is 8. The number of halogens is 7. The number of carboxylic acids is 2. The monoisotopic (exact) mass is 557 g/mol. The van der Waals surface area contributed by atoms with Crippen molar-refractivity contribution in [3.05, 3.63) is 42.7 Å². The van der Waals surface area contributed by atoms with Crippen LogP contribution in [0.15, 0.2) is 36.9 Å². The number of aliphatic carboxylic acids is 2. The van der Waals surface area contributed by atoms with Crippen molar-refractivity contribution in [2.24, 2.45) is 5.92 Å². The fraction of sp³-hybridized carbons (Fsp3) is 0.476. The zero-order valence-corrected chi connectivity index (χ0v) is 19.6. The Morgan fingerprint density at radius 3 is 2.03 bits per heavy atom. The third-order valence-corrected chi connectivity index (χ3v) is 5.48. The van der Waals surface area contributed by atoms with Crippen molar-refractivity contribution < 1.29 is 55.3 Å². The van der Waals surface area contributed by atoms with Crippen LogP contribution < -0.4 is 9.64 Å². The van der Waals surface area contributed by atoms with Gasteiger partial charge in [0.05, 0.1) is 30.7 Å². The van der Waals surface area contributed by atoms with Crippen LogP contribution >= 0.6 is 0 Å². The first kappa shape index (κ1) is 30.5. The smallest absolute Gasteiger partial charge is 0.490 e. The van der Waals surface area contributed by atoms with E-state index < -0.39 is 30.1 Å². The molecule has 0 bridgehead atoms. The van der Waals surface area contributed by atoms with E-state index in [4.69, 9.17) is 24.5 Å². The van der Waals surface area contributed by atoms with Gasteiger partial charge in [-0.05, 0) is 25.6 Å². The Bertz CT molecular complexity index is 1040. The van der Waals surface area contributed by atoms with Crippen molar-refractivity contribution in [2.75, 3.05) is 38.2 Å². The maximum absolute atomic E-state index is 12.9. The Kier molecular flexibility index (Phi) is 9.77. The van der Waals surface area contributed by atoms with E-state index in [0.717, 1.165) is 31.8 Å². The second kappa shape index (κ2) is 12.2. The molecule has 2 aromatic heterocycles. The molecule has 1 spiro atoms. The summed E-state index contributed by atoms with van der Waals surface area (Å²) in [4.78, 5) is 34.5. The van der Waals surface area contributed by atoms with Crippen LogP contribution in [0.1, 0.15) is 6.42 Å². The number of aromatic nitrogens is 3. The quantitative estimate of drug-likeness (QED) is 0.542. The number of rotatable bonds is 4. The molecule has 2 fully saturated rings. The molecule has 2 aliphatic heterocycles. The number of anilines is 1. The predicted octanol–water partition coefficient (Wildman–Crippen LogP) is 2.87. The minimum Gasteiger partial charge on any atom is -0.492 e. The molecular weight excluding hydrogens is 535 g/mol. The highest BCUT2D eigenvalue weighted by molar-refractivity contribution is 5.73. The number of hydrogen-bond donors (Lipinski definition) is 2. The van der Waals surface area contributed by atoms with E-state index in [1.54, 1.807) is 12.4 Å². The first-order chi connectivity index (χ1) is 17.5. The summed E-state index contributed by atoms with van der Waals surface area (Å²) in [7, 11) is 2.16. The van der Waals surface area contributed by atoms with Crippen molar-refractivity contribution in [1.82, 2.24) is 19.9 Å². The fourth-order valence-corrected chi connectivity index (χ4v) is 3.74. The van der Waals surface area contributed by atoms with Crippen molar-refractivity contribution in [3.63, 3.8) is 0 Å². The van der Waals surface area contributed by atoms with Crippen molar-refractivity contribution in [2.45, 2.75) is 24.3 Å². The fourth-order valence-electron chi connectivity index (χ4n) is 3.74. The molecule has 4 heterocycles. The van der Waals surface area contributed by atoms with Crippen molar-refractivity contribution >= 4 is 17.9 Å². The molecule has 38 heavy (non-hydrogen) atoms. The number of likely N-dealkylation sites (tertiary alicyclic amines) is 1. The largest absolute Gasteiger partial charge is 0.492 e. The van der Waals surface area contributed by atoms with E-state index >= 15 is 0 Å². The lowest BCUT2D eigenvalue weighted by Gasteiger charge is -2.51. The third-order valence-electron chi connectivity index (χ3n) is 5.48. The average molecular weight is 557 g/mol. The lowest BCUT2D eigenvalue weighted by molar-refractivity contribution is -0.193. The normalized spacial score (nSPS) is 18.4. The number of carbonyl (C=O) groups is 2. The molecule has 2 N–H and O–H groups in total. The van der Waals surface area contributed by atoms with Gasteiger partial charge in [-0.15, -0.1) is 0 Å². The van der Waals surface area contributed by atoms with Crippen LogP contribution in [0.5, 0.6) is 5.75 Å². The highest BCUT2D eigenvalue weighted by Gasteiger charge is 2.52. The van der Waals surface area contributed by atoms with E-state index in [0.29, 0.717) is 18.5 Å². The molecule has 2 aromatic rings. The number of pyridine rings is 1. The summed E-state index contributed by atoms with van der Waals surface area (Å²) in [5, 5.41) is 14.2. The number of alkyl halides is 6. The maximum Gasteiger partial charge on any atom is 0.490 e. The average Bonchev–Trinajstić information content (AvgIpc) is 3.14. The van der Waals surface area contributed by atoms with Crippen LogP contribution in [0.2, 0.25) is 0 Å². The standard InChI is InChI=1S/C17H20FN5O.2C2HF3O2/c1-22-9-13(10-24-15-3-2-4-19-8-15)5-17(22)11-23(12-17)16-20-6-14(18)7-21-16;2*3-2(4,5)1(6)7/h2-4,6-8,13H,5,9-12H2,1H3;2*(H,6,7). The lowest BCUT2D eigenvalue weighted by Crippen LogP contribution is -2.67. The number of nitrogens with zero attached hydrogens (tertiary/aromatic N) is 5. The van der Waals surface area contributed by atoms with E-state index in [2.05, 4.69) is 31.8 Å². The summed E-state index contributed by atoms with van der Waals surface area (Å²) in [5.74, 6) is -4.01. The predicted molar refractivity (Wildman–Crippen MR) is 115 cm³/mol. The maximum atomic E-state index is 12.9. The van der Waals surface area contributed by atoms with Gasteiger partial charge in [-0.3, -0.25) is 9.88 Å². The van der Waals surface area contributed by atoms with E-state index in [-0.39, 0.29) is 5.54 Å². The molecule has 0 saturated carbocycles. The van der Waals surface area contributed by atoms with Crippen LogP contribution in [-0.2, 0) is 9.59 Å². The van der Waals surface area contributed by atoms with Crippen LogP contribution in [0, 0.1) is 11.7 Å². The van der Waals surface area contributed by atoms with Gasteiger partial charge in [0.15, 0.2) is 5.82 Å². The van der Waals surface area contributed by atoms with Gasteiger partial charge in [0.1, 0.15) is 5.75 Å².